The zero-order chi connectivity index (χ0) is 18.4. The van der Waals surface area contributed by atoms with Crippen LogP contribution in [0.3, 0.4) is 0 Å². The van der Waals surface area contributed by atoms with Crippen molar-refractivity contribution in [1.82, 2.24) is 5.32 Å². The third-order valence-corrected chi connectivity index (χ3v) is 5.16. The number of carbonyl (C=O) groups excluding carboxylic acids is 2. The molecule has 4 nitrogen and oxygen atoms in total. The first-order chi connectivity index (χ1) is 12.6. The van der Waals surface area contributed by atoms with Gasteiger partial charge in [0.15, 0.2) is 0 Å². The molecule has 0 unspecified atom stereocenters. The van der Waals surface area contributed by atoms with Gasteiger partial charge in [-0.15, -0.1) is 11.3 Å². The average molecular weight is 429 g/mol. The van der Waals surface area contributed by atoms with Crippen LogP contribution in [-0.4, -0.2) is 18.4 Å². The van der Waals surface area contributed by atoms with Gasteiger partial charge in [0, 0.05) is 28.7 Å². The predicted octanol–water partition coefficient (Wildman–Crippen LogP) is 4.94. The van der Waals surface area contributed by atoms with Crippen LogP contribution in [0.15, 0.2) is 70.5 Å². The number of hydrogen-bond donors (Lipinski definition) is 2. The number of nitrogens with one attached hydrogen (secondary N) is 2. The van der Waals surface area contributed by atoms with E-state index in [1.807, 2.05) is 66.0 Å². The molecule has 0 atom stereocenters. The maximum atomic E-state index is 12.4. The number of halogens is 1. The molecule has 0 saturated heterocycles. The van der Waals surface area contributed by atoms with Crippen LogP contribution >= 0.6 is 27.3 Å². The molecule has 3 aromatic rings. The van der Waals surface area contributed by atoms with Crippen molar-refractivity contribution < 1.29 is 9.59 Å². The maximum Gasteiger partial charge on any atom is 0.262 e. The highest BCUT2D eigenvalue weighted by Crippen LogP contribution is 2.28. The van der Waals surface area contributed by atoms with Crippen LogP contribution in [0.2, 0.25) is 0 Å². The minimum Gasteiger partial charge on any atom is -0.351 e. The first kappa shape index (κ1) is 18.4. The summed E-state index contributed by atoms with van der Waals surface area (Å²) in [7, 11) is 0. The van der Waals surface area contributed by atoms with Crippen molar-refractivity contribution in [3.05, 3.63) is 75.4 Å². The van der Waals surface area contributed by atoms with Crippen molar-refractivity contribution in [3.8, 4) is 11.1 Å². The lowest BCUT2D eigenvalue weighted by Gasteiger charge is -2.08. The molecular weight excluding hydrogens is 412 g/mol. The molecule has 0 spiro atoms. The molecule has 1 aromatic heterocycles. The number of anilines is 1. The van der Waals surface area contributed by atoms with Gasteiger partial charge in [0.1, 0.15) is 0 Å². The summed E-state index contributed by atoms with van der Waals surface area (Å²) in [4.78, 5) is 25.1. The van der Waals surface area contributed by atoms with E-state index in [9.17, 15) is 9.59 Å². The number of rotatable bonds is 6. The number of benzene rings is 2. The van der Waals surface area contributed by atoms with Crippen molar-refractivity contribution in [2.75, 3.05) is 11.9 Å². The Morgan fingerprint density at radius 3 is 2.42 bits per heavy atom. The molecular formula is C20H17BrN2O2S. The molecule has 3 rings (SSSR count). The van der Waals surface area contributed by atoms with Gasteiger partial charge in [0.05, 0.1) is 4.88 Å². The van der Waals surface area contributed by atoms with E-state index < -0.39 is 0 Å². The number of thiophene rings is 1. The lowest BCUT2D eigenvalue weighted by atomic mass is 10.1. The van der Waals surface area contributed by atoms with Gasteiger partial charge in [-0.25, -0.2) is 0 Å². The molecule has 26 heavy (non-hydrogen) atoms. The summed E-state index contributed by atoms with van der Waals surface area (Å²) in [5.41, 5.74) is 2.65. The summed E-state index contributed by atoms with van der Waals surface area (Å²) in [5.74, 6) is -0.294. The summed E-state index contributed by atoms with van der Waals surface area (Å²) in [6.45, 7) is 0.285. The highest BCUT2D eigenvalue weighted by atomic mass is 79.9. The third-order valence-electron chi connectivity index (χ3n) is 3.72. The predicted molar refractivity (Wildman–Crippen MR) is 109 cm³/mol. The Bertz CT molecular complexity index is 892. The first-order valence-electron chi connectivity index (χ1n) is 8.10. The second-order valence-corrected chi connectivity index (χ2v) is 7.42. The molecule has 132 valence electrons. The van der Waals surface area contributed by atoms with Gasteiger partial charge in [-0.2, -0.15) is 0 Å². The lowest BCUT2D eigenvalue weighted by Crippen LogP contribution is -2.27. The van der Waals surface area contributed by atoms with Crippen molar-refractivity contribution in [3.63, 3.8) is 0 Å². The monoisotopic (exact) mass is 428 g/mol. The standard InChI is InChI=1S/C20H17BrN2O2S/c21-15-6-8-16(9-7-15)23-18(24)10-12-22-20(25)19-17(11-13-26-19)14-4-2-1-3-5-14/h1-9,11,13H,10,12H2,(H,22,25)(H,23,24). The van der Waals surface area contributed by atoms with E-state index in [0.29, 0.717) is 4.88 Å². The van der Waals surface area contributed by atoms with Crippen LogP contribution in [-0.2, 0) is 4.79 Å². The van der Waals surface area contributed by atoms with Gasteiger partial charge in [-0.05, 0) is 41.3 Å². The van der Waals surface area contributed by atoms with E-state index >= 15 is 0 Å². The third kappa shape index (κ3) is 4.80. The van der Waals surface area contributed by atoms with E-state index in [2.05, 4.69) is 26.6 Å². The fourth-order valence-electron chi connectivity index (χ4n) is 2.46. The van der Waals surface area contributed by atoms with Crippen molar-refractivity contribution in [1.29, 1.82) is 0 Å². The van der Waals surface area contributed by atoms with Gasteiger partial charge in [-0.3, -0.25) is 9.59 Å². The Kier molecular flexibility index (Phi) is 6.20. The van der Waals surface area contributed by atoms with Crippen LogP contribution in [0.5, 0.6) is 0 Å². The van der Waals surface area contributed by atoms with Crippen LogP contribution in [0.1, 0.15) is 16.1 Å². The van der Waals surface area contributed by atoms with Crippen molar-refractivity contribution in [2.45, 2.75) is 6.42 Å². The fraction of sp³-hybridized carbons (Fsp3) is 0.100. The quantitative estimate of drug-likeness (QED) is 0.584. The lowest BCUT2D eigenvalue weighted by molar-refractivity contribution is -0.116. The van der Waals surface area contributed by atoms with Gasteiger partial charge in [0.25, 0.3) is 5.91 Å². The number of hydrogen-bond acceptors (Lipinski definition) is 3. The SMILES string of the molecule is O=C(CCNC(=O)c1sccc1-c1ccccc1)Nc1ccc(Br)cc1. The summed E-state index contributed by atoms with van der Waals surface area (Å²) in [5, 5.41) is 7.53. The van der Waals surface area contributed by atoms with Crippen molar-refractivity contribution >= 4 is 44.8 Å². The zero-order valence-electron chi connectivity index (χ0n) is 13.9. The second kappa shape index (κ2) is 8.78. The van der Waals surface area contributed by atoms with Crippen LogP contribution in [0, 0.1) is 0 Å². The summed E-state index contributed by atoms with van der Waals surface area (Å²) < 4.78 is 0.952. The highest BCUT2D eigenvalue weighted by Gasteiger charge is 2.14. The molecule has 0 aliphatic carbocycles. The molecule has 1 heterocycles. The molecule has 2 N–H and O–H groups in total. The van der Waals surface area contributed by atoms with Crippen LogP contribution < -0.4 is 10.6 Å². The fourth-order valence-corrected chi connectivity index (χ4v) is 3.55. The second-order valence-electron chi connectivity index (χ2n) is 5.59. The molecule has 0 radical (unpaired) electrons. The normalized spacial score (nSPS) is 10.3. The minimum absolute atomic E-state index is 0.137. The Labute approximate surface area is 164 Å². The Hall–Kier alpha value is -2.44. The Morgan fingerprint density at radius 1 is 0.962 bits per heavy atom. The number of carbonyl (C=O) groups is 2. The van der Waals surface area contributed by atoms with Gasteiger partial charge in [0.2, 0.25) is 5.91 Å². The molecule has 6 heteroatoms. The van der Waals surface area contributed by atoms with Gasteiger partial charge < -0.3 is 10.6 Å². The minimum atomic E-state index is -0.157. The van der Waals surface area contributed by atoms with Gasteiger partial charge in [-0.1, -0.05) is 46.3 Å². The Morgan fingerprint density at radius 2 is 1.69 bits per heavy atom. The van der Waals surface area contributed by atoms with E-state index in [0.717, 1.165) is 21.3 Å². The molecule has 0 saturated carbocycles. The van der Waals surface area contributed by atoms with E-state index in [1.165, 1.54) is 11.3 Å². The number of amides is 2. The zero-order valence-corrected chi connectivity index (χ0v) is 16.3. The van der Waals surface area contributed by atoms with E-state index in [4.69, 9.17) is 0 Å². The maximum absolute atomic E-state index is 12.4. The summed E-state index contributed by atoms with van der Waals surface area (Å²) in [6.07, 6.45) is 0.216. The van der Waals surface area contributed by atoms with E-state index in [1.54, 1.807) is 0 Å². The van der Waals surface area contributed by atoms with Crippen molar-refractivity contribution in [2.24, 2.45) is 0 Å². The van der Waals surface area contributed by atoms with Crippen LogP contribution in [0.4, 0.5) is 5.69 Å². The average Bonchev–Trinajstić information content (AvgIpc) is 3.14. The Balaban J connectivity index is 1.53. The summed E-state index contributed by atoms with van der Waals surface area (Å²) in [6, 6.07) is 19.1. The van der Waals surface area contributed by atoms with Crippen LogP contribution in [0.25, 0.3) is 11.1 Å². The topological polar surface area (TPSA) is 58.2 Å². The van der Waals surface area contributed by atoms with E-state index in [-0.39, 0.29) is 24.8 Å². The first-order valence-corrected chi connectivity index (χ1v) is 9.77. The van der Waals surface area contributed by atoms with Gasteiger partial charge >= 0.3 is 0 Å². The summed E-state index contributed by atoms with van der Waals surface area (Å²) >= 11 is 4.75. The molecule has 0 aliphatic heterocycles. The largest absolute Gasteiger partial charge is 0.351 e. The molecule has 2 amide bonds. The molecule has 0 aliphatic rings. The highest BCUT2D eigenvalue weighted by molar-refractivity contribution is 9.10. The molecule has 0 bridgehead atoms. The molecule has 2 aromatic carbocycles. The molecule has 0 fully saturated rings. The smallest absolute Gasteiger partial charge is 0.262 e.